The molecule has 2 heterocycles. The minimum Gasteiger partial charge on any atom is -0.478 e. The molecule has 0 radical (unpaired) electrons. The molecule has 3 rings (SSSR count). The second-order valence-corrected chi connectivity index (χ2v) is 9.97. The van der Waals surface area contributed by atoms with E-state index in [0.717, 1.165) is 6.07 Å². The number of nitrogens with one attached hydrogen (secondary N) is 1. The number of benzene rings is 1. The van der Waals surface area contributed by atoms with E-state index in [1.165, 1.54) is 6.07 Å². The average molecular weight is 449 g/mol. The minimum atomic E-state index is -1.34. The molecule has 0 spiro atoms. The molecule has 1 atom stereocenters. The topological polar surface area (TPSA) is 107 Å². The smallest absolute Gasteiger partial charge is 0.478 e. The predicted molar refractivity (Wildman–Crippen MR) is 117 cm³/mol. The summed E-state index contributed by atoms with van der Waals surface area (Å²) in [7, 11) is -0.970. The van der Waals surface area contributed by atoms with Crippen molar-refractivity contribution in [3.05, 3.63) is 29.3 Å². The molecule has 8 nitrogen and oxygen atoms in total. The average Bonchev–Trinajstić information content (AvgIpc) is 3.06. The molecule has 1 fully saturated rings. The number of carboxylic acid groups (broad SMARTS) is 1. The number of halogens is 1. The summed E-state index contributed by atoms with van der Waals surface area (Å²) < 4.78 is 37.9. The summed E-state index contributed by atoms with van der Waals surface area (Å²) in [5.41, 5.74) is -2.17. The van der Waals surface area contributed by atoms with Crippen LogP contribution < -0.4 is 10.8 Å². The van der Waals surface area contributed by atoms with E-state index in [-0.39, 0.29) is 22.3 Å². The molecule has 1 aromatic heterocycles. The van der Waals surface area contributed by atoms with Crippen LogP contribution >= 0.6 is 0 Å². The standard InChI is InChI=1S/C22H29BFNO7/c1-11(25-19(28)30-20(2,3)4)16-15(23-31-21(5,6)22(7,8)32-23)13-9-12(24)10-14(18(26)27)17(13)29-16/h9-11H,1-8H3,(H,25,28)(H,26,27)/t11-/m0/s1. The van der Waals surface area contributed by atoms with Crippen molar-refractivity contribution in [2.24, 2.45) is 0 Å². The summed E-state index contributed by atoms with van der Waals surface area (Å²) in [5.74, 6) is -1.90. The van der Waals surface area contributed by atoms with Crippen LogP contribution in [0.25, 0.3) is 11.0 Å². The molecule has 174 valence electrons. The molecule has 1 aliphatic heterocycles. The van der Waals surface area contributed by atoms with Crippen LogP contribution in [-0.4, -0.2) is 41.1 Å². The van der Waals surface area contributed by atoms with Gasteiger partial charge in [-0.1, -0.05) is 0 Å². The predicted octanol–water partition coefficient (Wildman–Crippen LogP) is 4.16. The van der Waals surface area contributed by atoms with E-state index in [0.29, 0.717) is 5.46 Å². The van der Waals surface area contributed by atoms with Crippen molar-refractivity contribution < 1.29 is 37.5 Å². The number of furan rings is 1. The zero-order valence-corrected chi connectivity index (χ0v) is 19.6. The maximum atomic E-state index is 14.4. The zero-order valence-electron chi connectivity index (χ0n) is 19.6. The van der Waals surface area contributed by atoms with Gasteiger partial charge in [-0.25, -0.2) is 14.0 Å². The molecule has 10 heteroatoms. The Morgan fingerprint density at radius 2 is 1.72 bits per heavy atom. The molecule has 0 unspecified atom stereocenters. The number of carbonyl (C=O) groups excluding carboxylic acids is 1. The second kappa shape index (κ2) is 7.77. The van der Waals surface area contributed by atoms with Gasteiger partial charge in [-0.2, -0.15) is 0 Å². The summed E-state index contributed by atoms with van der Waals surface area (Å²) in [5, 5.41) is 12.4. The van der Waals surface area contributed by atoms with Crippen LogP contribution in [-0.2, 0) is 14.0 Å². The summed E-state index contributed by atoms with van der Waals surface area (Å²) in [6.07, 6.45) is -0.685. The molecule has 0 aliphatic carbocycles. The van der Waals surface area contributed by atoms with Crippen molar-refractivity contribution in [3.63, 3.8) is 0 Å². The third kappa shape index (κ3) is 4.47. The summed E-state index contributed by atoms with van der Waals surface area (Å²) in [4.78, 5) is 24.1. The zero-order chi connectivity index (χ0) is 24.2. The molecule has 0 saturated carbocycles. The lowest BCUT2D eigenvalue weighted by molar-refractivity contribution is 0.00578. The molecular weight excluding hydrogens is 420 g/mol. The highest BCUT2D eigenvalue weighted by Crippen LogP contribution is 2.38. The van der Waals surface area contributed by atoms with Crippen molar-refractivity contribution in [2.45, 2.75) is 78.2 Å². The molecule has 1 aliphatic rings. The number of carboxylic acids is 1. The maximum Gasteiger partial charge on any atom is 0.499 e. The van der Waals surface area contributed by atoms with Gasteiger partial charge in [0.25, 0.3) is 0 Å². The fraction of sp³-hybridized carbons (Fsp3) is 0.545. The van der Waals surface area contributed by atoms with Crippen molar-refractivity contribution in [1.29, 1.82) is 0 Å². The number of amides is 1. The molecule has 2 aromatic rings. The van der Waals surface area contributed by atoms with Crippen LogP contribution in [0.5, 0.6) is 0 Å². The van der Waals surface area contributed by atoms with E-state index in [9.17, 15) is 19.1 Å². The van der Waals surface area contributed by atoms with Crippen molar-refractivity contribution in [2.75, 3.05) is 0 Å². The van der Waals surface area contributed by atoms with E-state index >= 15 is 0 Å². The first-order valence-electron chi connectivity index (χ1n) is 10.4. The number of aromatic carboxylic acids is 1. The highest BCUT2D eigenvalue weighted by Gasteiger charge is 2.53. The van der Waals surface area contributed by atoms with Gasteiger partial charge in [0, 0.05) is 10.8 Å². The van der Waals surface area contributed by atoms with Crippen LogP contribution in [0, 0.1) is 5.82 Å². The van der Waals surface area contributed by atoms with E-state index in [1.54, 1.807) is 27.7 Å². The van der Waals surface area contributed by atoms with Crippen molar-refractivity contribution in [3.8, 4) is 0 Å². The first-order chi connectivity index (χ1) is 14.5. The van der Waals surface area contributed by atoms with Crippen LogP contribution in [0.1, 0.15) is 77.5 Å². The molecule has 1 amide bonds. The summed E-state index contributed by atoms with van der Waals surface area (Å²) in [6.45, 7) is 14.3. The highest BCUT2D eigenvalue weighted by atomic mass is 19.1. The van der Waals surface area contributed by atoms with Gasteiger partial charge in [0.15, 0.2) is 0 Å². The van der Waals surface area contributed by atoms with Gasteiger partial charge in [-0.3, -0.25) is 0 Å². The number of alkyl carbamates (subject to hydrolysis) is 1. The molecule has 0 bridgehead atoms. The fourth-order valence-electron chi connectivity index (χ4n) is 3.44. The Labute approximate surface area is 186 Å². The van der Waals surface area contributed by atoms with Crippen LogP contribution in [0.2, 0.25) is 0 Å². The van der Waals surface area contributed by atoms with Gasteiger partial charge in [-0.15, -0.1) is 0 Å². The quantitative estimate of drug-likeness (QED) is 0.676. The maximum absolute atomic E-state index is 14.4. The lowest BCUT2D eigenvalue weighted by Crippen LogP contribution is -2.41. The Hall–Kier alpha value is -2.59. The first-order valence-corrected chi connectivity index (χ1v) is 10.4. The van der Waals surface area contributed by atoms with Gasteiger partial charge in [0.05, 0.1) is 17.2 Å². The van der Waals surface area contributed by atoms with E-state index < -0.39 is 47.8 Å². The number of hydrogen-bond acceptors (Lipinski definition) is 6. The van der Waals surface area contributed by atoms with E-state index in [4.69, 9.17) is 18.5 Å². The highest BCUT2D eigenvalue weighted by molar-refractivity contribution is 6.65. The Morgan fingerprint density at radius 1 is 1.16 bits per heavy atom. The van der Waals surface area contributed by atoms with Crippen molar-refractivity contribution >= 4 is 35.6 Å². The van der Waals surface area contributed by atoms with E-state index in [1.807, 2.05) is 27.7 Å². The summed E-state index contributed by atoms with van der Waals surface area (Å²) in [6, 6.07) is 1.31. The van der Waals surface area contributed by atoms with Crippen LogP contribution in [0.15, 0.2) is 16.5 Å². The van der Waals surface area contributed by atoms with Gasteiger partial charge >= 0.3 is 19.2 Å². The Bertz CT molecular complexity index is 1050. The van der Waals surface area contributed by atoms with Gasteiger partial charge in [-0.05, 0) is 67.5 Å². The number of fused-ring (bicyclic) bond motifs is 1. The van der Waals surface area contributed by atoms with E-state index in [2.05, 4.69) is 5.32 Å². The SMILES string of the molecule is C[C@H](NC(=O)OC(C)(C)C)c1oc2c(C(=O)O)cc(F)cc2c1B1OC(C)(C)C(C)(C)O1. The second-order valence-electron chi connectivity index (χ2n) is 9.97. The van der Waals surface area contributed by atoms with Gasteiger partial charge in [0.1, 0.15) is 28.3 Å². The fourth-order valence-corrected chi connectivity index (χ4v) is 3.44. The van der Waals surface area contributed by atoms with Crippen LogP contribution in [0.3, 0.4) is 0 Å². The van der Waals surface area contributed by atoms with Gasteiger partial charge < -0.3 is 28.9 Å². The number of carbonyl (C=O) groups is 2. The molecule has 1 saturated heterocycles. The number of ether oxygens (including phenoxy) is 1. The number of hydrogen-bond donors (Lipinski definition) is 2. The number of rotatable bonds is 4. The monoisotopic (exact) mass is 449 g/mol. The molecule has 1 aromatic carbocycles. The largest absolute Gasteiger partial charge is 0.499 e. The normalized spacial score (nSPS) is 18.6. The lowest BCUT2D eigenvalue weighted by Gasteiger charge is -2.32. The Kier molecular flexibility index (Phi) is 5.85. The summed E-state index contributed by atoms with van der Waals surface area (Å²) >= 11 is 0. The Morgan fingerprint density at radius 3 is 2.22 bits per heavy atom. The molecule has 32 heavy (non-hydrogen) atoms. The van der Waals surface area contributed by atoms with Gasteiger partial charge in [0.2, 0.25) is 0 Å². The first kappa shape index (κ1) is 24.1. The minimum absolute atomic E-state index is 0.0311. The van der Waals surface area contributed by atoms with Crippen LogP contribution in [0.4, 0.5) is 9.18 Å². The Balaban J connectivity index is 2.15. The van der Waals surface area contributed by atoms with Crippen molar-refractivity contribution in [1.82, 2.24) is 5.32 Å². The lowest BCUT2D eigenvalue weighted by atomic mass is 9.75. The molecular formula is C22H29BFNO7. The molecule has 2 N–H and O–H groups in total. The third-order valence-electron chi connectivity index (χ3n) is 5.67. The third-order valence-corrected chi connectivity index (χ3v) is 5.67.